The quantitative estimate of drug-likeness (QED) is 0.525. The molecule has 0 aliphatic rings. The van der Waals surface area contributed by atoms with E-state index >= 15 is 0 Å². The van der Waals surface area contributed by atoms with Crippen molar-refractivity contribution in [3.05, 3.63) is 12.3 Å². The number of hydrogen-bond donors (Lipinski definition) is 1. The summed E-state index contributed by atoms with van der Waals surface area (Å²) >= 11 is 2.56. The van der Waals surface area contributed by atoms with Crippen LogP contribution in [0.3, 0.4) is 0 Å². The zero-order chi connectivity index (χ0) is 4.12. The van der Waals surface area contributed by atoms with Crippen LogP contribution in [0.1, 0.15) is 0 Å². The Bertz CT molecular complexity index is 48.9. The molecule has 2 heteroatoms. The van der Waals surface area contributed by atoms with Gasteiger partial charge < -0.3 is 0 Å². The van der Waals surface area contributed by atoms with Gasteiger partial charge in [0.15, 0.2) is 0 Å². The van der Waals surface area contributed by atoms with Gasteiger partial charge in [0.2, 0.25) is 0 Å². The van der Waals surface area contributed by atoms with Gasteiger partial charge in [-0.05, 0) is 0 Å². The van der Waals surface area contributed by atoms with E-state index in [1.807, 2.05) is 0 Å². The molecule has 0 fully saturated rings. The summed E-state index contributed by atoms with van der Waals surface area (Å²) in [6.45, 7) is 0. The minimum absolute atomic E-state index is 1.47. The van der Waals surface area contributed by atoms with Crippen LogP contribution < -0.4 is 5.73 Å². The molecule has 31 valence electrons. The van der Waals surface area contributed by atoms with E-state index in [1.165, 1.54) is 6.20 Å². The maximum absolute atomic E-state index is 4.91. The van der Waals surface area contributed by atoms with Gasteiger partial charge in [-0.1, -0.05) is 0 Å². The maximum atomic E-state index is 4.91. The van der Waals surface area contributed by atoms with Crippen LogP contribution in [0, 0.1) is 0 Å². The number of hydrogen-bond acceptors (Lipinski definition) is 1. The van der Waals surface area contributed by atoms with E-state index in [9.17, 15) is 0 Å². The van der Waals surface area contributed by atoms with E-state index in [-0.39, 0.29) is 0 Å². The van der Waals surface area contributed by atoms with Crippen LogP contribution in [-0.2, 0) is 17.9 Å². The van der Waals surface area contributed by atoms with Gasteiger partial charge in [0.1, 0.15) is 0 Å². The Hall–Kier alpha value is 0.0334. The average molecular weight is 158 g/mol. The first-order valence-electron chi connectivity index (χ1n) is 1.19. The fourth-order valence-electron chi connectivity index (χ4n) is 0.0370. The van der Waals surface area contributed by atoms with Gasteiger partial charge >= 0.3 is 40.5 Å². The van der Waals surface area contributed by atoms with Crippen LogP contribution in [-0.4, -0.2) is 4.61 Å². The van der Waals surface area contributed by atoms with Gasteiger partial charge in [0.05, 0.1) is 0 Å². The Morgan fingerprint density at radius 1 is 1.60 bits per heavy atom. The standard InChI is InChI=1S/C3H5N.Rh/c1-2-3-4;/h1-3H,4H2;/b3-2-;. The minimum atomic E-state index is 1.47. The third-order valence-corrected chi connectivity index (χ3v) is 0.491. The van der Waals surface area contributed by atoms with Gasteiger partial charge in [-0.15, -0.1) is 0 Å². The summed E-state index contributed by atoms with van der Waals surface area (Å²) in [6.07, 6.45) is 3.20. The molecule has 5 heavy (non-hydrogen) atoms. The van der Waals surface area contributed by atoms with Gasteiger partial charge in [-0.3, -0.25) is 0 Å². The zero-order valence-corrected chi connectivity index (χ0v) is 4.28. The first kappa shape index (κ1) is 5.03. The molecule has 0 heterocycles. The molecular formula is C3H5NRh. The van der Waals surface area contributed by atoms with Crippen molar-refractivity contribution in [2.45, 2.75) is 0 Å². The molecule has 0 unspecified atom stereocenters. The number of rotatable bonds is 1. The molecule has 0 atom stereocenters. The van der Waals surface area contributed by atoms with Crippen molar-refractivity contribution >= 4 is 4.61 Å². The van der Waals surface area contributed by atoms with Gasteiger partial charge in [0.25, 0.3) is 0 Å². The molecule has 0 amide bonds. The Balaban J connectivity index is 2.92. The molecule has 0 radical (unpaired) electrons. The summed E-state index contributed by atoms with van der Waals surface area (Å²) in [5.41, 5.74) is 4.91. The van der Waals surface area contributed by atoms with E-state index < -0.39 is 0 Å². The summed E-state index contributed by atoms with van der Waals surface area (Å²) in [4.78, 5) is 0. The van der Waals surface area contributed by atoms with Crippen molar-refractivity contribution < 1.29 is 17.9 Å². The van der Waals surface area contributed by atoms with E-state index in [0.29, 0.717) is 0 Å². The predicted octanol–water partition coefficient (Wildman–Crippen LogP) is -0.192. The van der Waals surface area contributed by atoms with Crippen LogP contribution >= 0.6 is 0 Å². The second kappa shape index (κ2) is 4.03. The first-order valence-corrected chi connectivity index (χ1v) is 2.14. The average Bonchev–Trinajstić information content (AvgIpc) is 1.41. The van der Waals surface area contributed by atoms with E-state index in [1.54, 1.807) is 10.7 Å². The van der Waals surface area contributed by atoms with Gasteiger partial charge in [0, 0.05) is 0 Å². The number of nitrogens with two attached hydrogens (primary N) is 1. The molecule has 2 N–H and O–H groups in total. The predicted molar refractivity (Wildman–Crippen MR) is 19.4 cm³/mol. The fraction of sp³-hybridized carbons (Fsp3) is 0. The topological polar surface area (TPSA) is 26.0 Å². The van der Waals surface area contributed by atoms with Crippen molar-refractivity contribution in [2.75, 3.05) is 0 Å². The molecule has 1 nitrogen and oxygen atoms in total. The summed E-state index contributed by atoms with van der Waals surface area (Å²) in [6, 6.07) is 0. The summed E-state index contributed by atoms with van der Waals surface area (Å²) in [5.74, 6) is 0. The van der Waals surface area contributed by atoms with Gasteiger partial charge in [-0.2, -0.15) is 0 Å². The van der Waals surface area contributed by atoms with Crippen molar-refractivity contribution in [1.82, 2.24) is 0 Å². The Kier molecular flexibility index (Phi) is 4.06. The van der Waals surface area contributed by atoms with E-state index in [2.05, 4.69) is 17.9 Å². The molecule has 0 aliphatic carbocycles. The molecular weight excluding hydrogens is 153 g/mol. The Morgan fingerprint density at radius 3 is 2.20 bits per heavy atom. The Morgan fingerprint density at radius 2 is 2.20 bits per heavy atom. The van der Waals surface area contributed by atoms with Gasteiger partial charge in [-0.25, -0.2) is 0 Å². The fourth-order valence-corrected chi connectivity index (χ4v) is 0.219. The van der Waals surface area contributed by atoms with Crippen LogP contribution in [0.15, 0.2) is 12.3 Å². The molecule has 0 spiro atoms. The molecule has 0 aromatic carbocycles. The molecule has 0 rings (SSSR count). The van der Waals surface area contributed by atoms with E-state index in [4.69, 9.17) is 5.73 Å². The molecule has 0 saturated carbocycles. The third-order valence-electron chi connectivity index (χ3n) is 0.175. The third kappa shape index (κ3) is 4.03. The first-order chi connectivity index (χ1) is 2.41. The monoisotopic (exact) mass is 158 g/mol. The summed E-state index contributed by atoms with van der Waals surface area (Å²) < 4.78 is 1.76. The number of allylic oxidation sites excluding steroid dienone is 1. The molecule has 0 saturated heterocycles. The van der Waals surface area contributed by atoms with Crippen molar-refractivity contribution in [1.29, 1.82) is 0 Å². The van der Waals surface area contributed by atoms with Crippen LogP contribution in [0.25, 0.3) is 0 Å². The second-order valence-electron chi connectivity index (χ2n) is 0.496. The van der Waals surface area contributed by atoms with Crippen LogP contribution in [0.5, 0.6) is 0 Å². The van der Waals surface area contributed by atoms with Crippen molar-refractivity contribution in [3.8, 4) is 0 Å². The molecule has 0 aromatic rings. The SMILES string of the molecule is N/C=C\[CH]=[Rh]. The molecule has 0 aromatic heterocycles. The zero-order valence-electron chi connectivity index (χ0n) is 2.64. The Labute approximate surface area is 41.1 Å². The second-order valence-corrected chi connectivity index (χ2v) is 1.04. The molecule has 0 bridgehead atoms. The van der Waals surface area contributed by atoms with Crippen LogP contribution in [0.4, 0.5) is 0 Å². The van der Waals surface area contributed by atoms with E-state index in [0.717, 1.165) is 0 Å². The van der Waals surface area contributed by atoms with Crippen molar-refractivity contribution in [3.63, 3.8) is 0 Å². The van der Waals surface area contributed by atoms with Crippen LogP contribution in [0.2, 0.25) is 0 Å². The van der Waals surface area contributed by atoms with Crippen molar-refractivity contribution in [2.24, 2.45) is 5.73 Å². The summed E-state index contributed by atoms with van der Waals surface area (Å²) in [7, 11) is 0. The molecule has 0 aliphatic heterocycles. The normalized spacial score (nSPS) is 9.00. The summed E-state index contributed by atoms with van der Waals surface area (Å²) in [5, 5.41) is 0.